The molecule has 0 heterocycles. The summed E-state index contributed by atoms with van der Waals surface area (Å²) in [6.45, 7) is 0. The summed E-state index contributed by atoms with van der Waals surface area (Å²) in [4.78, 5) is 0. The van der Waals surface area contributed by atoms with Crippen LogP contribution >= 0.6 is 0 Å². The number of hydrogen-bond acceptors (Lipinski definition) is 2. The van der Waals surface area contributed by atoms with Crippen molar-refractivity contribution in [3.8, 4) is 0 Å². The van der Waals surface area contributed by atoms with Gasteiger partial charge in [-0.05, 0) is 0 Å². The van der Waals surface area contributed by atoms with Crippen molar-refractivity contribution in [2.75, 3.05) is 0 Å². The SMILES string of the molecule is O=S(=O)(O)O.[Cr].[Fe]. The molecular weight excluding hydrogens is 204 g/mol. The Hall–Kier alpha value is 0.922. The molecule has 7 heavy (non-hydrogen) atoms. The van der Waals surface area contributed by atoms with E-state index >= 15 is 0 Å². The summed E-state index contributed by atoms with van der Waals surface area (Å²) >= 11 is 0. The van der Waals surface area contributed by atoms with Crippen molar-refractivity contribution in [3.05, 3.63) is 0 Å². The summed E-state index contributed by atoms with van der Waals surface area (Å²) < 4.78 is 31.6. The molecule has 0 rings (SSSR count). The molecule has 0 fully saturated rings. The molecular formula is H2CrFeO4S. The van der Waals surface area contributed by atoms with Crippen molar-refractivity contribution < 1.29 is 52.0 Å². The molecule has 0 aliphatic rings. The average Bonchev–Trinajstić information content (AvgIpc) is 0.722. The minimum Gasteiger partial charge on any atom is -0.264 e. The summed E-state index contributed by atoms with van der Waals surface area (Å²) in [5.74, 6) is 0. The van der Waals surface area contributed by atoms with Gasteiger partial charge in [-0.25, -0.2) is 0 Å². The van der Waals surface area contributed by atoms with Crippen molar-refractivity contribution in [2.45, 2.75) is 0 Å². The molecule has 7 heteroatoms. The van der Waals surface area contributed by atoms with E-state index in [1.165, 1.54) is 0 Å². The van der Waals surface area contributed by atoms with E-state index in [1.807, 2.05) is 0 Å². The van der Waals surface area contributed by atoms with E-state index in [4.69, 9.17) is 17.5 Å². The van der Waals surface area contributed by atoms with Crippen molar-refractivity contribution in [1.29, 1.82) is 0 Å². The molecule has 0 aromatic heterocycles. The van der Waals surface area contributed by atoms with E-state index in [0.717, 1.165) is 0 Å². The fourth-order valence-corrected chi connectivity index (χ4v) is 0. The zero-order valence-electron chi connectivity index (χ0n) is 2.88. The Kier molecular flexibility index (Phi) is 11.3. The van der Waals surface area contributed by atoms with Crippen molar-refractivity contribution in [1.82, 2.24) is 0 Å². The molecule has 0 aromatic rings. The Morgan fingerprint density at radius 1 is 1.14 bits per heavy atom. The third-order valence-corrected chi connectivity index (χ3v) is 0. The molecule has 0 radical (unpaired) electrons. The minimum atomic E-state index is -4.67. The fourth-order valence-electron chi connectivity index (χ4n) is 0. The minimum absolute atomic E-state index is 0. The zero-order chi connectivity index (χ0) is 4.50. The molecule has 0 aromatic carbocycles. The van der Waals surface area contributed by atoms with Gasteiger partial charge in [0.25, 0.3) is 0 Å². The van der Waals surface area contributed by atoms with Crippen LogP contribution in [0.2, 0.25) is 0 Å². The van der Waals surface area contributed by atoms with Crippen LogP contribution in [0.25, 0.3) is 0 Å². The van der Waals surface area contributed by atoms with Crippen LogP contribution in [0.5, 0.6) is 0 Å². The van der Waals surface area contributed by atoms with Gasteiger partial charge in [0, 0.05) is 34.4 Å². The van der Waals surface area contributed by atoms with E-state index in [1.54, 1.807) is 0 Å². The summed E-state index contributed by atoms with van der Waals surface area (Å²) in [5.41, 5.74) is 0. The molecule has 0 atom stereocenters. The van der Waals surface area contributed by atoms with Gasteiger partial charge in [-0.2, -0.15) is 8.42 Å². The van der Waals surface area contributed by atoms with Crippen LogP contribution in [0, 0.1) is 0 Å². The first-order valence-corrected chi connectivity index (χ1v) is 2.10. The molecule has 2 N–H and O–H groups in total. The number of rotatable bonds is 0. The molecule has 0 bridgehead atoms. The summed E-state index contributed by atoms with van der Waals surface area (Å²) in [6, 6.07) is 0. The maximum absolute atomic E-state index is 8.74. The van der Waals surface area contributed by atoms with E-state index < -0.39 is 10.4 Å². The van der Waals surface area contributed by atoms with Crippen molar-refractivity contribution >= 4 is 10.4 Å². The molecule has 0 saturated heterocycles. The van der Waals surface area contributed by atoms with E-state index in [-0.39, 0.29) is 34.4 Å². The van der Waals surface area contributed by atoms with Gasteiger partial charge in [0.05, 0.1) is 0 Å². The van der Waals surface area contributed by atoms with Crippen molar-refractivity contribution in [3.63, 3.8) is 0 Å². The Bertz CT molecular complexity index is 94.9. The monoisotopic (exact) mass is 206 g/mol. The van der Waals surface area contributed by atoms with Gasteiger partial charge < -0.3 is 0 Å². The molecule has 0 aliphatic heterocycles. The van der Waals surface area contributed by atoms with Gasteiger partial charge >= 0.3 is 10.4 Å². The van der Waals surface area contributed by atoms with Gasteiger partial charge in [0.2, 0.25) is 0 Å². The maximum Gasteiger partial charge on any atom is 0.394 e. The Balaban J connectivity index is -0.0000000800. The third-order valence-electron chi connectivity index (χ3n) is 0. The standard InChI is InChI=1S/Cr.Fe.H2O4S/c;;1-5(2,3)4/h;;(H2,1,2,3,4). The van der Waals surface area contributed by atoms with Crippen LogP contribution in [-0.2, 0) is 44.8 Å². The molecule has 0 amide bonds. The second kappa shape index (κ2) is 5.07. The van der Waals surface area contributed by atoms with Gasteiger partial charge in [0.15, 0.2) is 0 Å². The van der Waals surface area contributed by atoms with E-state index in [0.29, 0.717) is 0 Å². The predicted molar refractivity (Wildman–Crippen MR) is 14.2 cm³/mol. The maximum atomic E-state index is 8.74. The molecule has 46 valence electrons. The first kappa shape index (κ1) is 15.7. The molecule has 0 saturated carbocycles. The first-order chi connectivity index (χ1) is 2.00. The third kappa shape index (κ3) is 197. The van der Waals surface area contributed by atoms with E-state index in [2.05, 4.69) is 0 Å². The second-order valence-electron chi connectivity index (χ2n) is 0.448. The van der Waals surface area contributed by atoms with E-state index in [9.17, 15) is 0 Å². The predicted octanol–water partition coefficient (Wildman–Crippen LogP) is -0.658. The van der Waals surface area contributed by atoms with Gasteiger partial charge in [-0.15, -0.1) is 0 Å². The molecule has 0 unspecified atom stereocenters. The summed E-state index contributed by atoms with van der Waals surface area (Å²) in [5, 5.41) is 0. The zero-order valence-corrected chi connectivity index (χ0v) is 6.08. The molecule has 0 spiro atoms. The largest absolute Gasteiger partial charge is 0.394 e. The van der Waals surface area contributed by atoms with Gasteiger partial charge in [0.1, 0.15) is 0 Å². The summed E-state index contributed by atoms with van der Waals surface area (Å²) in [7, 11) is -4.67. The normalized spacial score (nSPS) is 8.29. The fraction of sp³-hybridized carbons (Fsp3) is 0. The summed E-state index contributed by atoms with van der Waals surface area (Å²) in [6.07, 6.45) is 0. The Morgan fingerprint density at radius 3 is 1.14 bits per heavy atom. The molecule has 4 nitrogen and oxygen atoms in total. The van der Waals surface area contributed by atoms with Crippen LogP contribution in [0.3, 0.4) is 0 Å². The van der Waals surface area contributed by atoms with Crippen LogP contribution < -0.4 is 0 Å². The Labute approximate surface area is 62.5 Å². The van der Waals surface area contributed by atoms with Crippen LogP contribution in [0.15, 0.2) is 0 Å². The molecule has 0 aliphatic carbocycles. The number of hydrogen-bond donors (Lipinski definition) is 2. The van der Waals surface area contributed by atoms with Crippen LogP contribution in [0.4, 0.5) is 0 Å². The van der Waals surface area contributed by atoms with Gasteiger partial charge in [-0.3, -0.25) is 9.11 Å². The first-order valence-electron chi connectivity index (χ1n) is 0.698. The average molecular weight is 206 g/mol. The Morgan fingerprint density at radius 2 is 1.14 bits per heavy atom. The quantitative estimate of drug-likeness (QED) is 0.407. The van der Waals surface area contributed by atoms with Gasteiger partial charge in [-0.1, -0.05) is 0 Å². The van der Waals surface area contributed by atoms with Crippen LogP contribution in [0.1, 0.15) is 0 Å². The van der Waals surface area contributed by atoms with Crippen LogP contribution in [-0.4, -0.2) is 17.5 Å². The topological polar surface area (TPSA) is 74.6 Å². The second-order valence-corrected chi connectivity index (χ2v) is 1.34. The van der Waals surface area contributed by atoms with Crippen molar-refractivity contribution in [2.24, 2.45) is 0 Å². The smallest absolute Gasteiger partial charge is 0.264 e.